The predicted molar refractivity (Wildman–Crippen MR) is 78.4 cm³/mol. The molecule has 0 aliphatic heterocycles. The van der Waals surface area contributed by atoms with Crippen molar-refractivity contribution in [1.82, 2.24) is 5.32 Å². The minimum Gasteiger partial charge on any atom is -0.404 e. The first-order valence-electron chi connectivity index (χ1n) is 7.21. The van der Waals surface area contributed by atoms with Gasteiger partial charge in [-0.25, -0.2) is 13.6 Å². The zero-order chi connectivity index (χ0) is 16.9. The molecule has 1 rings (SSSR count). The van der Waals surface area contributed by atoms with Crippen molar-refractivity contribution >= 4 is 6.09 Å². The third-order valence-electron chi connectivity index (χ3n) is 3.12. The summed E-state index contributed by atoms with van der Waals surface area (Å²) in [6, 6.07) is 0.710. The van der Waals surface area contributed by atoms with Crippen molar-refractivity contribution in [3.63, 3.8) is 0 Å². The number of aryl methyl sites for hydroxylation is 1. The molecule has 1 aromatic rings. The molecule has 0 radical (unpaired) electrons. The number of ether oxygens (including phenoxy) is 1. The quantitative estimate of drug-likeness (QED) is 0.630. The van der Waals surface area contributed by atoms with Crippen LogP contribution < -0.4 is 10.1 Å². The maximum Gasteiger partial charge on any atom is 0.412 e. The molecule has 0 unspecified atom stereocenters. The highest BCUT2D eigenvalue weighted by Crippen LogP contribution is 2.27. The van der Waals surface area contributed by atoms with E-state index in [1.165, 1.54) is 6.92 Å². The van der Waals surface area contributed by atoms with E-state index in [-0.39, 0.29) is 11.0 Å². The Kier molecular flexibility index (Phi) is 6.26. The average Bonchev–Trinajstić information content (AvgIpc) is 2.40. The molecule has 0 saturated carbocycles. The Morgan fingerprint density at radius 2 is 1.82 bits per heavy atom. The van der Waals surface area contributed by atoms with Gasteiger partial charge in [0.2, 0.25) is 11.6 Å². The fraction of sp³-hybridized carbons (Fsp3) is 0.562. The van der Waals surface area contributed by atoms with Gasteiger partial charge in [0.25, 0.3) is 0 Å². The molecular weight excluding hydrogens is 295 g/mol. The van der Waals surface area contributed by atoms with Gasteiger partial charge in [0.1, 0.15) is 0 Å². The number of rotatable bonds is 5. The lowest BCUT2D eigenvalue weighted by atomic mass is 9.90. The SMILES string of the molecule is Cc1cc(F)c(F)c(OC(=O)NCCCCC(C)(C)C)c1F. The summed E-state index contributed by atoms with van der Waals surface area (Å²) in [5.41, 5.74) is 0.0816. The zero-order valence-electron chi connectivity index (χ0n) is 13.4. The second kappa shape index (κ2) is 7.51. The topological polar surface area (TPSA) is 38.3 Å². The summed E-state index contributed by atoms with van der Waals surface area (Å²) >= 11 is 0. The summed E-state index contributed by atoms with van der Waals surface area (Å²) in [6.45, 7) is 7.94. The van der Waals surface area contributed by atoms with Crippen LogP contribution in [-0.2, 0) is 0 Å². The van der Waals surface area contributed by atoms with Crippen LogP contribution >= 0.6 is 0 Å². The van der Waals surface area contributed by atoms with Crippen molar-refractivity contribution in [3.05, 3.63) is 29.1 Å². The van der Waals surface area contributed by atoms with E-state index in [2.05, 4.69) is 30.8 Å². The maximum absolute atomic E-state index is 13.7. The van der Waals surface area contributed by atoms with Crippen LogP contribution in [0.15, 0.2) is 6.07 Å². The van der Waals surface area contributed by atoms with Gasteiger partial charge in [-0.3, -0.25) is 0 Å². The van der Waals surface area contributed by atoms with E-state index in [0.29, 0.717) is 12.6 Å². The number of carbonyl (C=O) groups excluding carboxylic acids is 1. The summed E-state index contributed by atoms with van der Waals surface area (Å²) in [4.78, 5) is 11.5. The number of halogens is 3. The maximum atomic E-state index is 13.7. The summed E-state index contributed by atoms with van der Waals surface area (Å²) in [5.74, 6) is -4.86. The second-order valence-electron chi connectivity index (χ2n) is 6.47. The Balaban J connectivity index is 2.50. The summed E-state index contributed by atoms with van der Waals surface area (Å²) in [7, 11) is 0. The van der Waals surface area contributed by atoms with E-state index in [1.807, 2.05) is 0 Å². The number of hydrogen-bond acceptors (Lipinski definition) is 2. The number of benzene rings is 1. The van der Waals surface area contributed by atoms with Crippen LogP contribution in [0, 0.1) is 29.8 Å². The summed E-state index contributed by atoms with van der Waals surface area (Å²) in [5, 5.41) is 2.39. The van der Waals surface area contributed by atoms with Crippen molar-refractivity contribution in [3.8, 4) is 5.75 Å². The molecule has 6 heteroatoms. The second-order valence-corrected chi connectivity index (χ2v) is 6.47. The molecule has 0 aromatic heterocycles. The van der Waals surface area contributed by atoms with Crippen molar-refractivity contribution < 1.29 is 22.7 Å². The lowest BCUT2D eigenvalue weighted by Gasteiger charge is -2.17. The third kappa shape index (κ3) is 5.58. The van der Waals surface area contributed by atoms with Crippen molar-refractivity contribution in [2.75, 3.05) is 6.54 Å². The molecule has 0 aliphatic rings. The van der Waals surface area contributed by atoms with Crippen LogP contribution in [-0.4, -0.2) is 12.6 Å². The van der Waals surface area contributed by atoms with E-state index in [9.17, 15) is 18.0 Å². The summed E-state index contributed by atoms with van der Waals surface area (Å²) in [6.07, 6.45) is 1.62. The minimum absolute atomic E-state index is 0.133. The lowest BCUT2D eigenvalue weighted by molar-refractivity contribution is 0.194. The first-order chi connectivity index (χ1) is 10.1. The van der Waals surface area contributed by atoms with Crippen LogP contribution in [0.3, 0.4) is 0 Å². The summed E-state index contributed by atoms with van der Waals surface area (Å²) < 4.78 is 44.8. The zero-order valence-corrected chi connectivity index (χ0v) is 13.4. The van der Waals surface area contributed by atoms with E-state index in [1.54, 1.807) is 0 Å². The van der Waals surface area contributed by atoms with Gasteiger partial charge in [-0.15, -0.1) is 0 Å². The molecule has 3 nitrogen and oxygen atoms in total. The number of hydrogen-bond donors (Lipinski definition) is 1. The molecule has 0 heterocycles. The Morgan fingerprint density at radius 3 is 2.41 bits per heavy atom. The highest BCUT2D eigenvalue weighted by molar-refractivity contribution is 5.70. The van der Waals surface area contributed by atoms with Crippen LogP contribution in [0.2, 0.25) is 0 Å². The van der Waals surface area contributed by atoms with Crippen LogP contribution in [0.4, 0.5) is 18.0 Å². The lowest BCUT2D eigenvalue weighted by Crippen LogP contribution is -2.28. The normalized spacial score (nSPS) is 11.4. The first kappa shape index (κ1) is 18.3. The monoisotopic (exact) mass is 317 g/mol. The van der Waals surface area contributed by atoms with Gasteiger partial charge in [0.05, 0.1) is 0 Å². The van der Waals surface area contributed by atoms with Gasteiger partial charge >= 0.3 is 6.09 Å². The molecule has 1 amide bonds. The highest BCUT2D eigenvalue weighted by Gasteiger charge is 2.21. The predicted octanol–water partition coefficient (Wildman–Crippen LogP) is 4.72. The fourth-order valence-electron chi connectivity index (χ4n) is 1.89. The Morgan fingerprint density at radius 1 is 1.18 bits per heavy atom. The molecular formula is C16H22F3NO2. The molecule has 1 aromatic carbocycles. The minimum atomic E-state index is -1.51. The van der Waals surface area contributed by atoms with E-state index in [0.717, 1.165) is 19.3 Å². The van der Waals surface area contributed by atoms with Crippen LogP contribution in [0.5, 0.6) is 5.75 Å². The van der Waals surface area contributed by atoms with E-state index < -0.39 is 29.3 Å². The molecule has 124 valence electrons. The van der Waals surface area contributed by atoms with E-state index >= 15 is 0 Å². The van der Waals surface area contributed by atoms with E-state index in [4.69, 9.17) is 0 Å². The third-order valence-corrected chi connectivity index (χ3v) is 3.12. The Bertz CT molecular complexity index is 513. The highest BCUT2D eigenvalue weighted by atomic mass is 19.2. The van der Waals surface area contributed by atoms with Crippen LogP contribution in [0.1, 0.15) is 45.6 Å². The first-order valence-corrected chi connectivity index (χ1v) is 7.21. The standard InChI is InChI=1S/C16H22F3NO2/c1-10-9-11(17)13(19)14(12(10)18)22-15(21)20-8-6-5-7-16(2,3)4/h9H,5-8H2,1-4H3,(H,20,21). The molecule has 1 N–H and O–H groups in total. The molecule has 0 saturated heterocycles. The molecule has 22 heavy (non-hydrogen) atoms. The molecule has 0 bridgehead atoms. The molecule has 0 fully saturated rings. The van der Waals surface area contributed by atoms with Gasteiger partial charge < -0.3 is 10.1 Å². The number of nitrogens with one attached hydrogen (secondary N) is 1. The van der Waals surface area contributed by atoms with Gasteiger partial charge in [0, 0.05) is 6.54 Å². The van der Waals surface area contributed by atoms with Gasteiger partial charge in [0.15, 0.2) is 11.6 Å². The molecule has 0 atom stereocenters. The number of carbonyl (C=O) groups is 1. The molecule has 0 spiro atoms. The number of amides is 1. The van der Waals surface area contributed by atoms with Crippen molar-refractivity contribution in [2.45, 2.75) is 47.0 Å². The number of unbranched alkanes of at least 4 members (excludes halogenated alkanes) is 1. The average molecular weight is 317 g/mol. The van der Waals surface area contributed by atoms with Gasteiger partial charge in [-0.2, -0.15) is 4.39 Å². The Hall–Kier alpha value is -1.72. The van der Waals surface area contributed by atoms with Gasteiger partial charge in [-0.05, 0) is 36.8 Å². The largest absolute Gasteiger partial charge is 0.412 e. The Labute approximate surface area is 128 Å². The smallest absolute Gasteiger partial charge is 0.404 e. The van der Waals surface area contributed by atoms with Crippen LogP contribution in [0.25, 0.3) is 0 Å². The van der Waals surface area contributed by atoms with Crippen molar-refractivity contribution in [2.24, 2.45) is 5.41 Å². The van der Waals surface area contributed by atoms with Crippen molar-refractivity contribution in [1.29, 1.82) is 0 Å². The molecule has 0 aliphatic carbocycles. The van der Waals surface area contributed by atoms with Gasteiger partial charge in [-0.1, -0.05) is 27.2 Å². The fourth-order valence-corrected chi connectivity index (χ4v) is 1.89.